The van der Waals surface area contributed by atoms with E-state index in [1.165, 1.54) is 5.56 Å². The van der Waals surface area contributed by atoms with Gasteiger partial charge in [-0.1, -0.05) is 30.3 Å². The second kappa shape index (κ2) is 5.53. The van der Waals surface area contributed by atoms with Crippen LogP contribution in [0.5, 0.6) is 0 Å². The van der Waals surface area contributed by atoms with Crippen molar-refractivity contribution in [2.24, 2.45) is 11.7 Å². The monoisotopic (exact) mass is 246 g/mol. The van der Waals surface area contributed by atoms with E-state index in [-0.39, 0.29) is 17.9 Å². The summed E-state index contributed by atoms with van der Waals surface area (Å²) in [5, 5.41) is 0. The molecule has 0 bridgehead atoms. The lowest BCUT2D eigenvalue weighted by Gasteiger charge is -2.24. The van der Waals surface area contributed by atoms with Gasteiger partial charge >= 0.3 is 0 Å². The molecule has 0 saturated heterocycles. The Morgan fingerprint density at radius 2 is 2.11 bits per heavy atom. The van der Waals surface area contributed by atoms with Crippen LogP contribution >= 0.6 is 0 Å². The van der Waals surface area contributed by atoms with Gasteiger partial charge in [0, 0.05) is 19.0 Å². The van der Waals surface area contributed by atoms with Crippen LogP contribution in [0, 0.1) is 5.92 Å². The summed E-state index contributed by atoms with van der Waals surface area (Å²) < 4.78 is 0. The van der Waals surface area contributed by atoms with Crippen molar-refractivity contribution >= 4 is 5.91 Å². The lowest BCUT2D eigenvalue weighted by atomic mass is 10.1. The molecule has 18 heavy (non-hydrogen) atoms. The maximum atomic E-state index is 12.3. The third kappa shape index (κ3) is 2.72. The van der Waals surface area contributed by atoms with E-state index >= 15 is 0 Å². The number of amides is 1. The fraction of sp³-hybridized carbons (Fsp3) is 0.533. The van der Waals surface area contributed by atoms with Crippen LogP contribution in [0.25, 0.3) is 0 Å². The van der Waals surface area contributed by atoms with Gasteiger partial charge in [-0.15, -0.1) is 0 Å². The molecule has 3 unspecified atom stereocenters. The highest BCUT2D eigenvalue weighted by Crippen LogP contribution is 2.48. The third-order valence-electron chi connectivity index (χ3n) is 3.93. The van der Waals surface area contributed by atoms with Crippen LogP contribution in [0.2, 0.25) is 0 Å². The van der Waals surface area contributed by atoms with Crippen molar-refractivity contribution in [3.05, 3.63) is 35.9 Å². The fourth-order valence-corrected chi connectivity index (χ4v) is 2.45. The summed E-state index contributed by atoms with van der Waals surface area (Å²) in [4.78, 5) is 14.2. The van der Waals surface area contributed by atoms with E-state index in [1.54, 1.807) is 0 Å². The predicted molar refractivity (Wildman–Crippen MR) is 73.2 cm³/mol. The van der Waals surface area contributed by atoms with Crippen molar-refractivity contribution in [1.82, 2.24) is 4.90 Å². The molecule has 0 aromatic heterocycles. The van der Waals surface area contributed by atoms with Crippen LogP contribution in [-0.2, 0) is 4.79 Å². The molecule has 1 aromatic rings. The van der Waals surface area contributed by atoms with E-state index in [4.69, 9.17) is 5.73 Å². The molecule has 1 saturated carbocycles. The SMILES string of the molecule is CC(CCN)N(C)C(=O)C1CC1c1ccccc1. The van der Waals surface area contributed by atoms with E-state index in [0.717, 1.165) is 12.8 Å². The molecule has 1 aliphatic carbocycles. The number of carbonyl (C=O) groups is 1. The van der Waals surface area contributed by atoms with E-state index < -0.39 is 0 Å². The Bertz CT molecular complexity index is 404. The van der Waals surface area contributed by atoms with Crippen molar-refractivity contribution in [3.8, 4) is 0 Å². The summed E-state index contributed by atoms with van der Waals surface area (Å²) in [5.41, 5.74) is 6.83. The van der Waals surface area contributed by atoms with E-state index in [1.807, 2.05) is 30.1 Å². The number of hydrogen-bond donors (Lipinski definition) is 1. The summed E-state index contributed by atoms with van der Waals surface area (Å²) in [6.45, 7) is 2.69. The van der Waals surface area contributed by atoms with Gasteiger partial charge in [0.05, 0.1) is 0 Å². The second-order valence-corrected chi connectivity index (χ2v) is 5.23. The van der Waals surface area contributed by atoms with Crippen LogP contribution in [0.15, 0.2) is 30.3 Å². The van der Waals surface area contributed by atoms with Crippen molar-refractivity contribution in [3.63, 3.8) is 0 Å². The first-order chi connectivity index (χ1) is 8.65. The number of rotatable bonds is 5. The first-order valence-electron chi connectivity index (χ1n) is 6.66. The molecule has 98 valence electrons. The highest BCUT2D eigenvalue weighted by atomic mass is 16.2. The average Bonchev–Trinajstić information content (AvgIpc) is 3.18. The number of nitrogens with zero attached hydrogens (tertiary/aromatic N) is 1. The van der Waals surface area contributed by atoms with Crippen LogP contribution in [0.4, 0.5) is 0 Å². The number of benzene rings is 1. The Hall–Kier alpha value is -1.35. The molecule has 3 nitrogen and oxygen atoms in total. The first kappa shape index (κ1) is 13.1. The van der Waals surface area contributed by atoms with Crippen molar-refractivity contribution in [2.75, 3.05) is 13.6 Å². The Balaban J connectivity index is 1.93. The summed E-state index contributed by atoms with van der Waals surface area (Å²) in [6.07, 6.45) is 1.85. The van der Waals surface area contributed by atoms with Crippen molar-refractivity contribution in [1.29, 1.82) is 0 Å². The second-order valence-electron chi connectivity index (χ2n) is 5.23. The zero-order chi connectivity index (χ0) is 13.1. The largest absolute Gasteiger partial charge is 0.343 e. The van der Waals surface area contributed by atoms with Crippen LogP contribution in [0.1, 0.15) is 31.2 Å². The highest BCUT2D eigenvalue weighted by molar-refractivity contribution is 5.83. The number of carbonyl (C=O) groups excluding carboxylic acids is 1. The molecule has 3 heteroatoms. The summed E-state index contributed by atoms with van der Waals surface area (Å²) in [6, 6.07) is 10.5. The van der Waals surface area contributed by atoms with E-state index in [2.05, 4.69) is 19.1 Å². The van der Waals surface area contributed by atoms with Crippen molar-refractivity contribution in [2.45, 2.75) is 31.7 Å². The quantitative estimate of drug-likeness (QED) is 0.863. The molecule has 0 spiro atoms. The Morgan fingerprint density at radius 1 is 1.44 bits per heavy atom. The van der Waals surface area contributed by atoms with Crippen LogP contribution in [-0.4, -0.2) is 30.4 Å². The van der Waals surface area contributed by atoms with Gasteiger partial charge in [-0.3, -0.25) is 4.79 Å². The maximum absolute atomic E-state index is 12.3. The number of nitrogens with two attached hydrogens (primary N) is 1. The summed E-state index contributed by atoms with van der Waals surface area (Å²) in [7, 11) is 1.89. The maximum Gasteiger partial charge on any atom is 0.226 e. The van der Waals surface area contributed by atoms with Gasteiger partial charge in [0.1, 0.15) is 0 Å². The normalized spacial score (nSPS) is 23.5. The topological polar surface area (TPSA) is 46.3 Å². The van der Waals surface area contributed by atoms with Gasteiger partial charge in [-0.25, -0.2) is 0 Å². The molecular formula is C15H22N2O. The molecule has 0 radical (unpaired) electrons. The Morgan fingerprint density at radius 3 is 2.72 bits per heavy atom. The standard InChI is InChI=1S/C15H22N2O/c1-11(8-9-16)17(2)15(18)14-10-13(14)12-6-4-3-5-7-12/h3-7,11,13-14H,8-10,16H2,1-2H3. The van der Waals surface area contributed by atoms with Gasteiger partial charge in [0.25, 0.3) is 0 Å². The van der Waals surface area contributed by atoms with Gasteiger partial charge in [0.2, 0.25) is 5.91 Å². The summed E-state index contributed by atoms with van der Waals surface area (Å²) >= 11 is 0. The minimum absolute atomic E-state index is 0.178. The molecule has 1 aliphatic rings. The lowest BCUT2D eigenvalue weighted by molar-refractivity contribution is -0.133. The first-order valence-corrected chi connectivity index (χ1v) is 6.66. The zero-order valence-corrected chi connectivity index (χ0v) is 11.2. The average molecular weight is 246 g/mol. The number of hydrogen-bond acceptors (Lipinski definition) is 2. The molecule has 2 rings (SSSR count). The van der Waals surface area contributed by atoms with Crippen molar-refractivity contribution < 1.29 is 4.79 Å². The fourth-order valence-electron chi connectivity index (χ4n) is 2.45. The van der Waals surface area contributed by atoms with Gasteiger partial charge in [-0.05, 0) is 37.8 Å². The minimum atomic E-state index is 0.178. The zero-order valence-electron chi connectivity index (χ0n) is 11.2. The molecule has 1 aromatic carbocycles. The third-order valence-corrected chi connectivity index (χ3v) is 3.93. The van der Waals surface area contributed by atoms with E-state index in [0.29, 0.717) is 12.5 Å². The molecule has 2 N–H and O–H groups in total. The van der Waals surface area contributed by atoms with Gasteiger partial charge in [0.15, 0.2) is 0 Å². The molecule has 3 atom stereocenters. The van der Waals surface area contributed by atoms with Gasteiger partial charge in [-0.2, -0.15) is 0 Å². The van der Waals surface area contributed by atoms with Gasteiger partial charge < -0.3 is 10.6 Å². The van der Waals surface area contributed by atoms with Crippen LogP contribution in [0.3, 0.4) is 0 Å². The Labute approximate surface area is 109 Å². The predicted octanol–water partition coefficient (Wildman–Crippen LogP) is 1.99. The minimum Gasteiger partial charge on any atom is -0.343 e. The molecule has 0 heterocycles. The summed E-state index contributed by atoms with van der Waals surface area (Å²) in [5.74, 6) is 0.869. The van der Waals surface area contributed by atoms with E-state index in [9.17, 15) is 4.79 Å². The Kier molecular flexibility index (Phi) is 4.02. The van der Waals surface area contributed by atoms with Crippen LogP contribution < -0.4 is 5.73 Å². The highest BCUT2D eigenvalue weighted by Gasteiger charge is 2.45. The molecule has 1 fully saturated rings. The molecular weight excluding hydrogens is 224 g/mol. The lowest BCUT2D eigenvalue weighted by Crippen LogP contribution is -2.37. The smallest absolute Gasteiger partial charge is 0.226 e. The molecule has 1 amide bonds. The molecule has 0 aliphatic heterocycles.